The van der Waals surface area contributed by atoms with Crippen molar-refractivity contribution in [3.05, 3.63) is 82.6 Å². The lowest BCUT2D eigenvalue weighted by atomic mass is 9.98. The zero-order chi connectivity index (χ0) is 23.1. The first-order valence-electron chi connectivity index (χ1n) is 10.4. The highest BCUT2D eigenvalue weighted by atomic mass is 35.5. The summed E-state index contributed by atoms with van der Waals surface area (Å²) in [4.78, 5) is 25.3. The second kappa shape index (κ2) is 10.9. The Labute approximate surface area is 191 Å². The molecule has 0 saturated heterocycles. The minimum atomic E-state index is -0.497. The topological polar surface area (TPSA) is 52.6 Å². The van der Waals surface area contributed by atoms with Crippen molar-refractivity contribution < 1.29 is 23.5 Å². The molecular formula is C26H24ClFO4. The number of methoxy groups -OCH3 is 1. The van der Waals surface area contributed by atoms with Crippen molar-refractivity contribution in [3.8, 4) is 22.6 Å². The number of carbonyl (C=O) groups is 2. The van der Waals surface area contributed by atoms with Gasteiger partial charge in [0.2, 0.25) is 0 Å². The highest BCUT2D eigenvalue weighted by Crippen LogP contribution is 2.29. The van der Waals surface area contributed by atoms with Crippen molar-refractivity contribution in [1.82, 2.24) is 0 Å². The molecule has 0 aromatic heterocycles. The molecule has 0 aliphatic rings. The molecule has 6 heteroatoms. The molecule has 4 nitrogen and oxygen atoms in total. The van der Waals surface area contributed by atoms with Crippen LogP contribution in [-0.4, -0.2) is 25.3 Å². The van der Waals surface area contributed by atoms with E-state index in [-0.39, 0.29) is 29.4 Å². The maximum absolute atomic E-state index is 13.4. The first-order valence-corrected chi connectivity index (χ1v) is 10.7. The van der Waals surface area contributed by atoms with Crippen molar-refractivity contribution in [2.75, 3.05) is 13.7 Å². The molecule has 0 bridgehead atoms. The molecule has 0 amide bonds. The van der Waals surface area contributed by atoms with Gasteiger partial charge in [-0.05, 0) is 53.9 Å². The van der Waals surface area contributed by atoms with E-state index in [2.05, 4.69) is 0 Å². The number of ether oxygens (including phenoxy) is 2. The van der Waals surface area contributed by atoms with Crippen LogP contribution in [0, 0.1) is 5.82 Å². The summed E-state index contributed by atoms with van der Waals surface area (Å²) < 4.78 is 24.4. The molecule has 0 radical (unpaired) electrons. The van der Waals surface area contributed by atoms with Gasteiger partial charge in [-0.15, -0.1) is 0 Å². The van der Waals surface area contributed by atoms with Crippen LogP contribution in [0.5, 0.6) is 11.5 Å². The van der Waals surface area contributed by atoms with E-state index < -0.39 is 5.82 Å². The fourth-order valence-electron chi connectivity index (χ4n) is 3.24. The average Bonchev–Trinajstić information content (AvgIpc) is 2.82. The number of hydrogen-bond donors (Lipinski definition) is 0. The molecule has 0 atom stereocenters. The minimum absolute atomic E-state index is 0.0198. The fourth-order valence-corrected chi connectivity index (χ4v) is 3.42. The SMILES string of the molecule is CCCOc1ccc(C(=O)CCC(=O)c2cccc(-c3ccc(F)c(Cl)c3)c2)cc1OC. The molecule has 0 N–H and O–H groups in total. The zero-order valence-corrected chi connectivity index (χ0v) is 18.7. The molecule has 3 aromatic carbocycles. The van der Waals surface area contributed by atoms with E-state index in [1.165, 1.54) is 19.2 Å². The van der Waals surface area contributed by atoms with E-state index >= 15 is 0 Å². The van der Waals surface area contributed by atoms with Gasteiger partial charge in [-0.1, -0.05) is 42.8 Å². The number of hydrogen-bond acceptors (Lipinski definition) is 4. The van der Waals surface area contributed by atoms with E-state index in [0.29, 0.717) is 34.8 Å². The molecule has 166 valence electrons. The molecule has 32 heavy (non-hydrogen) atoms. The van der Waals surface area contributed by atoms with Crippen LogP contribution >= 0.6 is 11.6 Å². The van der Waals surface area contributed by atoms with Crippen LogP contribution in [0.3, 0.4) is 0 Å². The molecule has 0 spiro atoms. The summed E-state index contributed by atoms with van der Waals surface area (Å²) in [5.41, 5.74) is 2.40. The van der Waals surface area contributed by atoms with Gasteiger partial charge in [0.25, 0.3) is 0 Å². The third-order valence-electron chi connectivity index (χ3n) is 4.96. The standard InChI is InChI=1S/C26H24ClFO4/c1-3-13-32-25-12-8-20(16-26(25)31-2)24(30)11-10-23(29)19-6-4-5-17(14-19)18-7-9-22(28)21(27)15-18/h4-9,12,14-16H,3,10-11,13H2,1-2H3. The lowest BCUT2D eigenvalue weighted by molar-refractivity contribution is 0.0917. The summed E-state index contributed by atoms with van der Waals surface area (Å²) in [6.07, 6.45) is 1.01. The lowest BCUT2D eigenvalue weighted by Crippen LogP contribution is -2.06. The molecule has 0 fully saturated rings. The van der Waals surface area contributed by atoms with Crippen LogP contribution in [0.1, 0.15) is 46.9 Å². The van der Waals surface area contributed by atoms with Gasteiger partial charge < -0.3 is 9.47 Å². The van der Waals surface area contributed by atoms with E-state index in [1.54, 1.807) is 42.5 Å². The summed E-state index contributed by atoms with van der Waals surface area (Å²) in [5, 5.41) is 0.0198. The third kappa shape index (κ3) is 5.74. The molecule has 0 aliphatic carbocycles. The van der Waals surface area contributed by atoms with Crippen molar-refractivity contribution in [2.45, 2.75) is 26.2 Å². The maximum Gasteiger partial charge on any atom is 0.163 e. The van der Waals surface area contributed by atoms with Gasteiger partial charge in [-0.25, -0.2) is 4.39 Å². The smallest absolute Gasteiger partial charge is 0.163 e. The highest BCUT2D eigenvalue weighted by molar-refractivity contribution is 6.31. The molecule has 0 heterocycles. The van der Waals surface area contributed by atoms with Gasteiger partial charge in [0.1, 0.15) is 5.82 Å². The first kappa shape index (κ1) is 23.5. The molecule has 3 rings (SSSR count). The molecule has 0 unspecified atom stereocenters. The Balaban J connectivity index is 1.68. The predicted molar refractivity (Wildman–Crippen MR) is 124 cm³/mol. The number of rotatable bonds is 10. The quantitative estimate of drug-likeness (QED) is 0.316. The van der Waals surface area contributed by atoms with Crippen LogP contribution in [0.2, 0.25) is 5.02 Å². The largest absolute Gasteiger partial charge is 0.493 e. The maximum atomic E-state index is 13.4. The van der Waals surface area contributed by atoms with E-state index in [1.807, 2.05) is 13.0 Å². The van der Waals surface area contributed by atoms with Crippen molar-refractivity contribution in [2.24, 2.45) is 0 Å². The summed E-state index contributed by atoms with van der Waals surface area (Å²) in [6.45, 7) is 2.56. The van der Waals surface area contributed by atoms with Gasteiger partial charge >= 0.3 is 0 Å². The Morgan fingerprint density at radius 1 is 0.875 bits per heavy atom. The van der Waals surface area contributed by atoms with Crippen molar-refractivity contribution in [3.63, 3.8) is 0 Å². The average molecular weight is 455 g/mol. The predicted octanol–water partition coefficient (Wildman–Crippen LogP) is 6.79. The Morgan fingerprint density at radius 3 is 2.22 bits per heavy atom. The number of carbonyl (C=O) groups excluding carboxylic acids is 2. The number of benzene rings is 3. The molecule has 3 aromatic rings. The van der Waals surface area contributed by atoms with Crippen LogP contribution < -0.4 is 9.47 Å². The van der Waals surface area contributed by atoms with Crippen LogP contribution in [0.25, 0.3) is 11.1 Å². The number of halogens is 2. The summed E-state index contributed by atoms with van der Waals surface area (Å²) in [5.74, 6) is 0.271. The monoisotopic (exact) mass is 454 g/mol. The second-order valence-corrected chi connectivity index (χ2v) is 7.68. The molecule has 0 aliphatic heterocycles. The zero-order valence-electron chi connectivity index (χ0n) is 18.0. The van der Waals surface area contributed by atoms with Gasteiger partial charge in [0.15, 0.2) is 23.1 Å². The number of Topliss-reactive ketones (excluding diaryl/α,β-unsaturated/α-hetero) is 2. The van der Waals surface area contributed by atoms with Gasteiger partial charge in [0.05, 0.1) is 18.7 Å². The van der Waals surface area contributed by atoms with E-state index in [9.17, 15) is 14.0 Å². The first-order chi connectivity index (χ1) is 15.4. The number of ketones is 2. The fraction of sp³-hybridized carbons (Fsp3) is 0.231. The van der Waals surface area contributed by atoms with Crippen molar-refractivity contribution >= 4 is 23.2 Å². The normalized spacial score (nSPS) is 10.6. The molecular weight excluding hydrogens is 431 g/mol. The summed E-state index contributed by atoms with van der Waals surface area (Å²) >= 11 is 5.87. The Hall–Kier alpha value is -3.18. The van der Waals surface area contributed by atoms with Crippen LogP contribution in [0.15, 0.2) is 60.7 Å². The lowest BCUT2D eigenvalue weighted by Gasteiger charge is -2.11. The minimum Gasteiger partial charge on any atom is -0.493 e. The van der Waals surface area contributed by atoms with Gasteiger partial charge in [-0.2, -0.15) is 0 Å². The second-order valence-electron chi connectivity index (χ2n) is 7.27. The third-order valence-corrected chi connectivity index (χ3v) is 5.25. The van der Waals surface area contributed by atoms with E-state index in [0.717, 1.165) is 12.0 Å². The van der Waals surface area contributed by atoms with Gasteiger partial charge in [0, 0.05) is 24.0 Å². The molecule has 0 saturated carbocycles. The highest BCUT2D eigenvalue weighted by Gasteiger charge is 2.15. The Kier molecular flexibility index (Phi) is 8.01. The van der Waals surface area contributed by atoms with Crippen LogP contribution in [0.4, 0.5) is 4.39 Å². The van der Waals surface area contributed by atoms with E-state index in [4.69, 9.17) is 21.1 Å². The summed E-state index contributed by atoms with van der Waals surface area (Å²) in [7, 11) is 1.52. The van der Waals surface area contributed by atoms with Crippen molar-refractivity contribution in [1.29, 1.82) is 0 Å². The van der Waals surface area contributed by atoms with Gasteiger partial charge in [-0.3, -0.25) is 9.59 Å². The Bertz CT molecular complexity index is 1130. The Morgan fingerprint density at radius 2 is 1.56 bits per heavy atom. The summed E-state index contributed by atoms with van der Waals surface area (Å²) in [6, 6.07) is 16.4. The van der Waals surface area contributed by atoms with Crippen LogP contribution in [-0.2, 0) is 0 Å².